The van der Waals surface area contributed by atoms with Gasteiger partial charge in [-0.15, -0.1) is 29.7 Å². The number of ether oxygens (including phenoxy) is 1. The zero-order valence-corrected chi connectivity index (χ0v) is 40.5. The zero-order chi connectivity index (χ0) is 48.4. The molecular formula is C58H56N4OPt-2. The Hall–Kier alpha value is -5.77. The van der Waals surface area contributed by atoms with Gasteiger partial charge in [-0.25, -0.2) is 4.98 Å². The molecule has 1 aliphatic rings. The van der Waals surface area contributed by atoms with Gasteiger partial charge in [-0.2, -0.15) is 18.2 Å². The summed E-state index contributed by atoms with van der Waals surface area (Å²) in [5.74, 6) is 1.82. The monoisotopic (exact) mass is 1020 g/mol. The van der Waals surface area contributed by atoms with Gasteiger partial charge in [-0.05, 0) is 97.2 Å². The van der Waals surface area contributed by atoms with Crippen LogP contribution in [0.2, 0.25) is 0 Å². The number of para-hydroxylation sites is 3. The molecule has 0 aliphatic heterocycles. The number of fused-ring (bicyclic) bond motifs is 5. The van der Waals surface area contributed by atoms with Gasteiger partial charge < -0.3 is 13.9 Å². The Morgan fingerprint density at radius 3 is 2.12 bits per heavy atom. The Kier molecular flexibility index (Phi) is 9.24. The molecule has 0 spiro atoms. The third-order valence-corrected chi connectivity index (χ3v) is 13.0. The number of hydrogen-bond donors (Lipinski definition) is 0. The van der Waals surface area contributed by atoms with Crippen molar-refractivity contribution in [1.29, 1.82) is 0 Å². The topological polar surface area (TPSA) is 35.9 Å². The van der Waals surface area contributed by atoms with Crippen molar-refractivity contribution in [2.24, 2.45) is 0 Å². The van der Waals surface area contributed by atoms with Crippen LogP contribution in [0.3, 0.4) is 0 Å². The minimum atomic E-state index is -0.419. The molecule has 6 aromatic carbocycles. The van der Waals surface area contributed by atoms with E-state index in [0.29, 0.717) is 22.7 Å². The summed E-state index contributed by atoms with van der Waals surface area (Å²) in [4.78, 5) is 4.84. The molecule has 0 fully saturated rings. The van der Waals surface area contributed by atoms with E-state index >= 15 is 0 Å². The second-order valence-corrected chi connectivity index (χ2v) is 20.4. The number of rotatable bonds is 6. The smallest absolute Gasteiger partial charge is 0.268 e. The van der Waals surface area contributed by atoms with Crippen LogP contribution in [-0.2, 0) is 42.7 Å². The van der Waals surface area contributed by atoms with Gasteiger partial charge in [0.2, 0.25) is 0 Å². The maximum atomic E-state index is 9.33. The Balaban J connectivity index is 0.00000593. The van der Waals surface area contributed by atoms with Gasteiger partial charge in [0.25, 0.3) is 6.33 Å². The molecule has 64 heavy (non-hydrogen) atoms. The first kappa shape index (κ1) is 37.6. The molecular weight excluding hydrogens is 964 g/mol. The SMILES string of the molecule is [2H]c1c([2H])c([2H])c(-c2cc(C(C)(C)C)c3c(c2-[n+]2[c-]n(-c4[c-]c(Oc5[c-]c6c(cc5)c5ccccc5n6-c5cc(C(C)(C)C)ccn5)ccc4)c4ccccc42)C(C)(C)CCC3(C)C)c([2H])c1[2H].[Pt]. The quantitative estimate of drug-likeness (QED) is 0.123. The van der Waals surface area contributed by atoms with Crippen molar-refractivity contribution in [3.8, 4) is 39.8 Å². The van der Waals surface area contributed by atoms with Crippen LogP contribution in [0.1, 0.15) is 111 Å². The molecule has 326 valence electrons. The minimum absolute atomic E-state index is 0. The van der Waals surface area contributed by atoms with E-state index in [1.165, 1.54) is 11.1 Å². The fourth-order valence-corrected chi connectivity index (χ4v) is 9.64. The molecule has 3 aromatic heterocycles. The first-order valence-electron chi connectivity index (χ1n) is 24.4. The van der Waals surface area contributed by atoms with Crippen LogP contribution < -0.4 is 9.30 Å². The van der Waals surface area contributed by atoms with E-state index in [1.807, 2.05) is 63.9 Å². The average molecular weight is 1030 g/mol. The van der Waals surface area contributed by atoms with Gasteiger partial charge in [0.15, 0.2) is 0 Å². The summed E-state index contributed by atoms with van der Waals surface area (Å²) in [7, 11) is 0. The van der Waals surface area contributed by atoms with Crippen LogP contribution in [0.5, 0.6) is 11.5 Å². The van der Waals surface area contributed by atoms with Crippen molar-refractivity contribution in [3.63, 3.8) is 0 Å². The van der Waals surface area contributed by atoms with Crippen LogP contribution in [-0.4, -0.2) is 14.1 Å². The van der Waals surface area contributed by atoms with Crippen LogP contribution in [0.25, 0.3) is 61.2 Å². The third-order valence-electron chi connectivity index (χ3n) is 13.0. The summed E-state index contributed by atoms with van der Waals surface area (Å²) in [6, 6.07) is 38.1. The molecule has 9 aromatic rings. The van der Waals surface area contributed by atoms with E-state index in [4.69, 9.17) is 13.8 Å². The molecule has 3 heterocycles. The molecule has 1 aliphatic carbocycles. The van der Waals surface area contributed by atoms with Crippen LogP contribution in [0, 0.1) is 18.5 Å². The number of nitrogens with zero attached hydrogens (tertiary/aromatic N) is 4. The normalized spacial score (nSPS) is 15.8. The molecule has 0 saturated heterocycles. The number of imidazole rings is 1. The summed E-state index contributed by atoms with van der Waals surface area (Å²) in [5, 5.41) is 2.14. The minimum Gasteiger partial charge on any atom is -0.510 e. The van der Waals surface area contributed by atoms with Crippen molar-refractivity contribution in [3.05, 3.63) is 174 Å². The van der Waals surface area contributed by atoms with Gasteiger partial charge in [-0.1, -0.05) is 153 Å². The Labute approximate surface area is 400 Å². The second-order valence-electron chi connectivity index (χ2n) is 20.4. The summed E-state index contributed by atoms with van der Waals surface area (Å²) >= 11 is 0. The maximum Gasteiger partial charge on any atom is 0.268 e. The summed E-state index contributed by atoms with van der Waals surface area (Å²) in [6.45, 7) is 22.3. The van der Waals surface area contributed by atoms with Crippen LogP contribution in [0.15, 0.2) is 133 Å². The first-order chi connectivity index (χ1) is 32.1. The van der Waals surface area contributed by atoms with Gasteiger partial charge in [0.1, 0.15) is 5.82 Å². The summed E-state index contributed by atoms with van der Waals surface area (Å²) in [6.07, 6.45) is 7.46. The van der Waals surface area contributed by atoms with Crippen molar-refractivity contribution in [2.45, 2.75) is 104 Å². The Morgan fingerprint density at radius 2 is 1.39 bits per heavy atom. The average Bonchev–Trinajstić information content (AvgIpc) is 3.84. The third kappa shape index (κ3) is 7.40. The first-order valence-corrected chi connectivity index (χ1v) is 21.9. The van der Waals surface area contributed by atoms with Crippen molar-refractivity contribution >= 4 is 32.8 Å². The molecule has 0 bridgehead atoms. The fraction of sp³-hybridized carbons (Fsp3) is 0.276. The van der Waals surface area contributed by atoms with Gasteiger partial charge >= 0.3 is 0 Å². The van der Waals surface area contributed by atoms with Gasteiger partial charge in [0, 0.05) is 44.3 Å². The molecule has 0 saturated carbocycles. The molecule has 0 amide bonds. The number of hydrogen-bond acceptors (Lipinski definition) is 2. The van der Waals surface area contributed by atoms with Gasteiger partial charge in [-0.3, -0.25) is 4.57 Å². The van der Waals surface area contributed by atoms with Crippen LogP contribution >= 0.6 is 0 Å². The number of benzene rings is 6. The van der Waals surface area contributed by atoms with E-state index in [0.717, 1.165) is 68.3 Å². The Morgan fingerprint density at radius 1 is 0.703 bits per heavy atom. The van der Waals surface area contributed by atoms with Gasteiger partial charge in [0.05, 0.1) is 23.6 Å². The van der Waals surface area contributed by atoms with E-state index < -0.39 is 6.04 Å². The molecule has 0 unspecified atom stereocenters. The van der Waals surface area contributed by atoms with Crippen molar-refractivity contribution < 1.29 is 37.2 Å². The van der Waals surface area contributed by atoms with Crippen molar-refractivity contribution in [1.82, 2.24) is 14.1 Å². The van der Waals surface area contributed by atoms with E-state index in [1.54, 1.807) is 0 Å². The zero-order valence-electron chi connectivity index (χ0n) is 43.2. The summed E-state index contributed by atoms with van der Waals surface area (Å²) in [5.41, 5.74) is 9.38. The molecule has 0 atom stereocenters. The van der Waals surface area contributed by atoms with E-state index in [9.17, 15) is 2.74 Å². The van der Waals surface area contributed by atoms with E-state index in [2.05, 4.69) is 141 Å². The molecule has 5 nitrogen and oxygen atoms in total. The number of pyridine rings is 1. The molecule has 6 heteroatoms. The molecule has 0 radical (unpaired) electrons. The van der Waals surface area contributed by atoms with Crippen LogP contribution in [0.4, 0.5) is 0 Å². The summed E-state index contributed by atoms with van der Waals surface area (Å²) < 4.78 is 57.6. The van der Waals surface area contributed by atoms with E-state index in [-0.39, 0.29) is 72.5 Å². The largest absolute Gasteiger partial charge is 0.510 e. The Bertz CT molecular complexity index is 3510. The molecule has 0 N–H and O–H groups in total. The predicted octanol–water partition coefficient (Wildman–Crippen LogP) is 14.2. The predicted molar refractivity (Wildman–Crippen MR) is 258 cm³/mol. The standard InChI is InChI=1S/C58H56N4O.Pt/c1-55(2,3)39-29-32-59-51(33-39)62-47-24-15-14-23-43(47)44-28-27-42(35-50(44)62)63-41-22-18-21-40(34-41)60-37-61(49-26-17-16-25-48(49)60)54-45(38-19-12-11-13-20-38)36-46(56(4,5)6)52-53(54)58(9,10)31-30-57(52,7)8;/h11-29,32-33,36H,30-31H2,1-10H3;/q-2;/i11D,12D,13D,19D,20D;. The number of aromatic nitrogens is 4. The molecule has 10 rings (SSSR count). The maximum absolute atomic E-state index is 9.33. The second kappa shape index (κ2) is 15.7. The fourth-order valence-electron chi connectivity index (χ4n) is 9.64. The van der Waals surface area contributed by atoms with Crippen molar-refractivity contribution in [2.75, 3.05) is 0 Å².